The fourth-order valence-corrected chi connectivity index (χ4v) is 1.94. The fourth-order valence-electron chi connectivity index (χ4n) is 1.94. The average Bonchev–Trinajstić information content (AvgIpc) is 1.85. The molecule has 2 unspecified atom stereocenters. The molecule has 0 aromatic carbocycles. The van der Waals surface area contributed by atoms with Crippen molar-refractivity contribution in [1.82, 2.24) is 0 Å². The van der Waals surface area contributed by atoms with Crippen LogP contribution in [-0.2, 0) is 4.79 Å². The Kier molecular flexibility index (Phi) is 2.48. The maximum Gasteiger partial charge on any atom is 0.158 e. The lowest BCUT2D eigenvalue weighted by atomic mass is 9.79. The number of rotatable bonds is 1. The zero-order valence-electron chi connectivity index (χ0n) is 7.55. The fraction of sp³-hybridized carbons (Fsp3) is 0.700. The minimum atomic E-state index is 0.290. The Morgan fingerprint density at radius 2 is 2.27 bits per heavy atom. The van der Waals surface area contributed by atoms with E-state index in [0.717, 1.165) is 12.8 Å². The summed E-state index contributed by atoms with van der Waals surface area (Å²) in [5, 5.41) is 0. The topological polar surface area (TPSA) is 17.1 Å². The smallest absolute Gasteiger partial charge is 0.158 e. The lowest BCUT2D eigenvalue weighted by Crippen LogP contribution is -2.24. The number of hydrogen-bond donors (Lipinski definition) is 0. The summed E-state index contributed by atoms with van der Waals surface area (Å²) < 4.78 is 0. The molecule has 62 valence electrons. The van der Waals surface area contributed by atoms with Crippen molar-refractivity contribution in [2.45, 2.75) is 33.6 Å². The molecule has 0 saturated heterocycles. The Labute approximate surface area is 68.5 Å². The second-order valence-corrected chi connectivity index (χ2v) is 3.59. The van der Waals surface area contributed by atoms with Gasteiger partial charge in [0.1, 0.15) is 0 Å². The maximum absolute atomic E-state index is 11.4. The molecule has 0 spiro atoms. The summed E-state index contributed by atoms with van der Waals surface area (Å²) in [5.41, 5.74) is 1.24. The molecule has 0 aromatic rings. The predicted octanol–water partition coefficient (Wildman–Crippen LogP) is 2.57. The third kappa shape index (κ3) is 1.70. The van der Waals surface area contributed by atoms with Gasteiger partial charge in [-0.2, -0.15) is 0 Å². The SMILES string of the molecule is CCC1C(=O)C=C(C)CC1C. The lowest BCUT2D eigenvalue weighted by Gasteiger charge is -2.24. The highest BCUT2D eigenvalue weighted by atomic mass is 16.1. The Morgan fingerprint density at radius 1 is 1.64 bits per heavy atom. The van der Waals surface area contributed by atoms with Crippen LogP contribution in [0.1, 0.15) is 33.6 Å². The summed E-state index contributed by atoms with van der Waals surface area (Å²) in [6.45, 7) is 6.30. The van der Waals surface area contributed by atoms with Gasteiger partial charge in [0, 0.05) is 5.92 Å². The largest absolute Gasteiger partial charge is 0.295 e. The van der Waals surface area contributed by atoms with Crippen molar-refractivity contribution < 1.29 is 4.79 Å². The average molecular weight is 152 g/mol. The monoisotopic (exact) mass is 152 g/mol. The van der Waals surface area contributed by atoms with Gasteiger partial charge in [0.05, 0.1) is 0 Å². The van der Waals surface area contributed by atoms with Gasteiger partial charge >= 0.3 is 0 Å². The summed E-state index contributed by atoms with van der Waals surface area (Å²) >= 11 is 0. The molecule has 0 heterocycles. The molecule has 2 atom stereocenters. The molecule has 1 aliphatic carbocycles. The quantitative estimate of drug-likeness (QED) is 0.564. The van der Waals surface area contributed by atoms with Crippen LogP contribution in [0.4, 0.5) is 0 Å². The van der Waals surface area contributed by atoms with Crippen molar-refractivity contribution in [3.8, 4) is 0 Å². The van der Waals surface area contributed by atoms with Gasteiger partial charge in [-0.1, -0.05) is 19.4 Å². The summed E-state index contributed by atoms with van der Waals surface area (Å²) in [6.07, 6.45) is 3.90. The van der Waals surface area contributed by atoms with Crippen LogP contribution >= 0.6 is 0 Å². The second kappa shape index (κ2) is 3.21. The second-order valence-electron chi connectivity index (χ2n) is 3.59. The van der Waals surface area contributed by atoms with Crippen molar-refractivity contribution in [2.24, 2.45) is 11.8 Å². The number of ketones is 1. The molecule has 1 rings (SSSR count). The molecule has 0 radical (unpaired) electrons. The number of allylic oxidation sites excluding steroid dienone is 2. The minimum absolute atomic E-state index is 0.290. The first kappa shape index (κ1) is 8.51. The van der Waals surface area contributed by atoms with Gasteiger partial charge in [0.15, 0.2) is 5.78 Å². The molecule has 0 saturated carbocycles. The predicted molar refractivity (Wildman–Crippen MR) is 46.3 cm³/mol. The summed E-state index contributed by atoms with van der Waals surface area (Å²) in [7, 11) is 0. The molecule has 0 aromatic heterocycles. The van der Waals surface area contributed by atoms with Crippen molar-refractivity contribution in [1.29, 1.82) is 0 Å². The van der Waals surface area contributed by atoms with E-state index in [2.05, 4.69) is 13.8 Å². The van der Waals surface area contributed by atoms with Gasteiger partial charge in [-0.05, 0) is 31.8 Å². The standard InChI is InChI=1S/C10H16O/c1-4-9-8(3)5-7(2)6-10(9)11/h6,8-9H,4-5H2,1-3H3. The molecule has 1 nitrogen and oxygen atoms in total. The van der Waals surface area contributed by atoms with E-state index in [9.17, 15) is 4.79 Å². The summed E-state index contributed by atoms with van der Waals surface area (Å²) in [4.78, 5) is 11.4. The van der Waals surface area contributed by atoms with Gasteiger partial charge < -0.3 is 0 Å². The molecular weight excluding hydrogens is 136 g/mol. The van der Waals surface area contributed by atoms with Crippen LogP contribution in [0.5, 0.6) is 0 Å². The molecule has 0 aliphatic heterocycles. The highest BCUT2D eigenvalue weighted by molar-refractivity contribution is 5.93. The molecule has 1 heteroatoms. The molecule has 0 N–H and O–H groups in total. The lowest BCUT2D eigenvalue weighted by molar-refractivity contribution is -0.120. The van der Waals surface area contributed by atoms with Crippen LogP contribution in [0, 0.1) is 11.8 Å². The normalized spacial score (nSPS) is 31.9. The van der Waals surface area contributed by atoms with Crippen LogP contribution in [0.2, 0.25) is 0 Å². The van der Waals surface area contributed by atoms with E-state index in [-0.39, 0.29) is 0 Å². The van der Waals surface area contributed by atoms with Crippen LogP contribution in [0.15, 0.2) is 11.6 Å². The molecule has 0 amide bonds. The third-order valence-electron chi connectivity index (χ3n) is 2.52. The van der Waals surface area contributed by atoms with Gasteiger partial charge in [0.25, 0.3) is 0 Å². The van der Waals surface area contributed by atoms with Gasteiger partial charge in [-0.15, -0.1) is 0 Å². The Bertz CT molecular complexity index is 191. The van der Waals surface area contributed by atoms with E-state index < -0.39 is 0 Å². The van der Waals surface area contributed by atoms with E-state index in [1.807, 2.05) is 13.0 Å². The zero-order valence-corrected chi connectivity index (χ0v) is 7.55. The minimum Gasteiger partial charge on any atom is -0.295 e. The van der Waals surface area contributed by atoms with Crippen molar-refractivity contribution in [2.75, 3.05) is 0 Å². The van der Waals surface area contributed by atoms with Crippen LogP contribution in [0.25, 0.3) is 0 Å². The highest BCUT2D eigenvalue weighted by Crippen LogP contribution is 2.28. The molecule has 11 heavy (non-hydrogen) atoms. The van der Waals surface area contributed by atoms with Gasteiger partial charge in [0.2, 0.25) is 0 Å². The van der Waals surface area contributed by atoms with Crippen molar-refractivity contribution >= 4 is 5.78 Å². The summed E-state index contributed by atoms with van der Waals surface area (Å²) in [6, 6.07) is 0. The van der Waals surface area contributed by atoms with E-state index >= 15 is 0 Å². The van der Waals surface area contributed by atoms with Crippen LogP contribution in [-0.4, -0.2) is 5.78 Å². The van der Waals surface area contributed by atoms with Crippen LogP contribution < -0.4 is 0 Å². The first-order valence-electron chi connectivity index (χ1n) is 4.36. The Balaban J connectivity index is 2.77. The van der Waals surface area contributed by atoms with Gasteiger partial charge in [-0.3, -0.25) is 4.79 Å². The number of hydrogen-bond acceptors (Lipinski definition) is 1. The maximum atomic E-state index is 11.4. The molecule has 0 bridgehead atoms. The Morgan fingerprint density at radius 3 is 2.73 bits per heavy atom. The van der Waals surface area contributed by atoms with Crippen molar-refractivity contribution in [3.63, 3.8) is 0 Å². The van der Waals surface area contributed by atoms with Crippen molar-refractivity contribution in [3.05, 3.63) is 11.6 Å². The first-order chi connectivity index (χ1) is 5.15. The van der Waals surface area contributed by atoms with Gasteiger partial charge in [-0.25, -0.2) is 0 Å². The molecule has 0 fully saturated rings. The van der Waals surface area contributed by atoms with E-state index in [4.69, 9.17) is 0 Å². The zero-order chi connectivity index (χ0) is 8.43. The van der Waals surface area contributed by atoms with E-state index in [0.29, 0.717) is 17.6 Å². The summed E-state index contributed by atoms with van der Waals surface area (Å²) in [5.74, 6) is 1.18. The van der Waals surface area contributed by atoms with E-state index in [1.165, 1.54) is 5.57 Å². The number of carbonyl (C=O) groups excluding carboxylic acids is 1. The van der Waals surface area contributed by atoms with E-state index in [1.54, 1.807) is 0 Å². The molecule has 1 aliphatic rings. The third-order valence-corrected chi connectivity index (χ3v) is 2.52. The highest BCUT2D eigenvalue weighted by Gasteiger charge is 2.25. The molecular formula is C10H16O. The van der Waals surface area contributed by atoms with Crippen LogP contribution in [0.3, 0.4) is 0 Å². The first-order valence-corrected chi connectivity index (χ1v) is 4.36. The Hall–Kier alpha value is -0.590. The number of carbonyl (C=O) groups is 1.